The molecule has 1 aliphatic heterocycles. The number of nitrogens with zero attached hydrogens (tertiary/aromatic N) is 2. The van der Waals surface area contributed by atoms with Crippen LogP contribution in [0.2, 0.25) is 0 Å². The molecule has 122 valence electrons. The number of halogens is 3. The number of carboxylic acids is 1. The number of carbonyl (C=O) groups is 2. The first kappa shape index (κ1) is 17.5. The largest absolute Gasteiger partial charge is 0.481 e. The van der Waals surface area contributed by atoms with Crippen molar-refractivity contribution >= 4 is 12.0 Å². The number of urea groups is 1. The minimum absolute atomic E-state index is 0.00490. The maximum absolute atomic E-state index is 12.4. The number of alkyl halides is 3. The van der Waals surface area contributed by atoms with Gasteiger partial charge in [0.25, 0.3) is 0 Å². The van der Waals surface area contributed by atoms with E-state index >= 15 is 0 Å². The third kappa shape index (κ3) is 6.19. The van der Waals surface area contributed by atoms with E-state index in [1.165, 1.54) is 4.90 Å². The first-order valence-electron chi connectivity index (χ1n) is 6.66. The predicted octanol–water partition coefficient (Wildman–Crippen LogP) is 1.15. The summed E-state index contributed by atoms with van der Waals surface area (Å²) in [5.41, 5.74) is 0. The number of likely N-dealkylation sites (tertiary alicyclic amines) is 1. The fourth-order valence-corrected chi connectivity index (χ4v) is 2.35. The Labute approximate surface area is 120 Å². The smallest absolute Gasteiger partial charge is 0.406 e. The number of aliphatic hydroxyl groups is 1. The predicted molar refractivity (Wildman–Crippen MR) is 66.7 cm³/mol. The third-order valence-electron chi connectivity index (χ3n) is 3.36. The second-order valence-electron chi connectivity index (χ2n) is 5.07. The van der Waals surface area contributed by atoms with Crippen molar-refractivity contribution in [2.24, 2.45) is 5.92 Å². The summed E-state index contributed by atoms with van der Waals surface area (Å²) in [4.78, 5) is 24.5. The summed E-state index contributed by atoms with van der Waals surface area (Å²) in [5.74, 6) is -0.973. The van der Waals surface area contributed by atoms with Gasteiger partial charge in [-0.05, 0) is 18.8 Å². The summed E-state index contributed by atoms with van der Waals surface area (Å²) >= 11 is 0. The quantitative estimate of drug-likeness (QED) is 0.798. The average molecular weight is 312 g/mol. The van der Waals surface area contributed by atoms with Crippen molar-refractivity contribution in [2.45, 2.75) is 25.4 Å². The molecule has 1 heterocycles. The topological polar surface area (TPSA) is 81.1 Å². The number of amides is 2. The number of rotatable bonds is 5. The maximum Gasteiger partial charge on any atom is 0.406 e. The Hall–Kier alpha value is -1.51. The molecule has 1 saturated heterocycles. The van der Waals surface area contributed by atoms with E-state index in [4.69, 9.17) is 10.2 Å². The summed E-state index contributed by atoms with van der Waals surface area (Å²) in [5, 5.41) is 17.5. The van der Waals surface area contributed by atoms with Crippen LogP contribution in [-0.2, 0) is 4.79 Å². The van der Waals surface area contributed by atoms with Crippen molar-refractivity contribution in [3.8, 4) is 0 Å². The van der Waals surface area contributed by atoms with Crippen molar-refractivity contribution in [2.75, 3.05) is 32.8 Å². The number of aliphatic carboxylic acids is 1. The molecule has 1 aliphatic rings. The van der Waals surface area contributed by atoms with Gasteiger partial charge in [-0.3, -0.25) is 4.79 Å². The molecule has 2 N–H and O–H groups in total. The molecule has 0 unspecified atom stereocenters. The van der Waals surface area contributed by atoms with E-state index in [0.29, 0.717) is 17.7 Å². The van der Waals surface area contributed by atoms with E-state index in [1.54, 1.807) is 0 Å². The zero-order chi connectivity index (χ0) is 16.0. The van der Waals surface area contributed by atoms with E-state index in [2.05, 4.69) is 0 Å². The zero-order valence-electron chi connectivity index (χ0n) is 11.5. The lowest BCUT2D eigenvalue weighted by Gasteiger charge is -2.35. The lowest BCUT2D eigenvalue weighted by atomic mass is 9.94. The molecule has 0 aromatic rings. The van der Waals surface area contributed by atoms with Gasteiger partial charge in [-0.1, -0.05) is 0 Å². The monoisotopic (exact) mass is 312 g/mol. The van der Waals surface area contributed by atoms with Gasteiger partial charge in [-0.15, -0.1) is 0 Å². The van der Waals surface area contributed by atoms with E-state index in [0.717, 1.165) is 0 Å². The highest BCUT2D eigenvalue weighted by Gasteiger charge is 2.35. The summed E-state index contributed by atoms with van der Waals surface area (Å²) in [6.07, 6.45) is -3.61. The Morgan fingerprint density at radius 2 is 1.81 bits per heavy atom. The Morgan fingerprint density at radius 1 is 1.24 bits per heavy atom. The van der Waals surface area contributed by atoms with Gasteiger partial charge in [0.2, 0.25) is 0 Å². The molecule has 0 saturated carbocycles. The van der Waals surface area contributed by atoms with Gasteiger partial charge in [0, 0.05) is 26.1 Å². The molecule has 21 heavy (non-hydrogen) atoms. The average Bonchev–Trinajstić information content (AvgIpc) is 2.36. The normalized spacial score (nSPS) is 16.9. The van der Waals surface area contributed by atoms with Gasteiger partial charge in [0.1, 0.15) is 6.54 Å². The molecule has 1 fully saturated rings. The van der Waals surface area contributed by atoms with Crippen LogP contribution in [0.5, 0.6) is 0 Å². The molecule has 6 nitrogen and oxygen atoms in total. The SMILES string of the molecule is O=C(O)CC1CCN(C(=O)N(CCO)CC(F)(F)F)CC1. The van der Waals surface area contributed by atoms with Crippen LogP contribution in [0.1, 0.15) is 19.3 Å². The molecular weight excluding hydrogens is 293 g/mol. The standard InChI is InChI=1S/C12H19F3N2O4/c13-12(14,15)8-17(5-6-18)11(21)16-3-1-9(2-4-16)7-10(19)20/h9,18H,1-8H2,(H,19,20). The summed E-state index contributed by atoms with van der Waals surface area (Å²) in [6, 6.07) is -0.768. The second kappa shape index (κ2) is 7.48. The highest BCUT2D eigenvalue weighted by Crippen LogP contribution is 2.23. The molecule has 0 radical (unpaired) electrons. The van der Waals surface area contributed by atoms with Gasteiger partial charge in [0.15, 0.2) is 0 Å². The molecule has 0 aliphatic carbocycles. The van der Waals surface area contributed by atoms with Crippen molar-refractivity contribution in [1.29, 1.82) is 0 Å². The van der Waals surface area contributed by atoms with Crippen molar-refractivity contribution < 1.29 is 33.0 Å². The number of aliphatic hydroxyl groups excluding tert-OH is 1. The van der Waals surface area contributed by atoms with Gasteiger partial charge in [0.05, 0.1) is 6.61 Å². The maximum atomic E-state index is 12.4. The molecule has 0 bridgehead atoms. The lowest BCUT2D eigenvalue weighted by Crippen LogP contribution is -2.50. The number of piperidine rings is 1. The molecule has 0 aromatic heterocycles. The fraction of sp³-hybridized carbons (Fsp3) is 0.833. The number of carbonyl (C=O) groups excluding carboxylic acids is 1. The van der Waals surface area contributed by atoms with Gasteiger partial charge in [-0.2, -0.15) is 13.2 Å². The van der Waals surface area contributed by atoms with Crippen molar-refractivity contribution in [1.82, 2.24) is 9.80 Å². The minimum Gasteiger partial charge on any atom is -0.481 e. The summed E-state index contributed by atoms with van der Waals surface area (Å²) in [6.45, 7) is -1.86. The molecule has 2 amide bonds. The van der Waals surface area contributed by atoms with E-state index < -0.39 is 31.3 Å². The van der Waals surface area contributed by atoms with E-state index in [9.17, 15) is 22.8 Å². The summed E-state index contributed by atoms with van der Waals surface area (Å²) < 4.78 is 37.2. The van der Waals surface area contributed by atoms with Crippen LogP contribution in [0.3, 0.4) is 0 Å². The van der Waals surface area contributed by atoms with Crippen LogP contribution in [0.15, 0.2) is 0 Å². The number of carboxylic acid groups (broad SMARTS) is 1. The minimum atomic E-state index is -4.52. The molecule has 9 heteroatoms. The molecule has 0 aromatic carbocycles. The fourth-order valence-electron chi connectivity index (χ4n) is 2.35. The molecule has 1 rings (SSSR count). The Bertz CT molecular complexity index is 368. The highest BCUT2D eigenvalue weighted by atomic mass is 19.4. The Kier molecular flexibility index (Phi) is 6.25. The van der Waals surface area contributed by atoms with E-state index in [1.807, 2.05) is 0 Å². The Morgan fingerprint density at radius 3 is 2.24 bits per heavy atom. The molecule has 0 atom stereocenters. The van der Waals surface area contributed by atoms with Crippen LogP contribution in [0, 0.1) is 5.92 Å². The van der Waals surface area contributed by atoms with Crippen LogP contribution in [-0.4, -0.2) is 71.0 Å². The van der Waals surface area contributed by atoms with Crippen molar-refractivity contribution in [3.63, 3.8) is 0 Å². The molecular formula is C12H19F3N2O4. The van der Waals surface area contributed by atoms with Gasteiger partial charge >= 0.3 is 18.2 Å². The first-order chi connectivity index (χ1) is 9.73. The Balaban J connectivity index is 2.55. The zero-order valence-corrected chi connectivity index (χ0v) is 11.5. The number of hydrogen-bond donors (Lipinski definition) is 2. The number of hydrogen-bond acceptors (Lipinski definition) is 3. The lowest BCUT2D eigenvalue weighted by molar-refractivity contribution is -0.142. The third-order valence-corrected chi connectivity index (χ3v) is 3.36. The van der Waals surface area contributed by atoms with Crippen LogP contribution in [0.4, 0.5) is 18.0 Å². The van der Waals surface area contributed by atoms with Gasteiger partial charge < -0.3 is 20.0 Å². The first-order valence-corrected chi connectivity index (χ1v) is 6.66. The highest BCUT2D eigenvalue weighted by molar-refractivity contribution is 5.74. The van der Waals surface area contributed by atoms with Crippen LogP contribution < -0.4 is 0 Å². The van der Waals surface area contributed by atoms with Crippen LogP contribution >= 0.6 is 0 Å². The van der Waals surface area contributed by atoms with Crippen LogP contribution in [0.25, 0.3) is 0 Å². The molecule has 0 spiro atoms. The van der Waals surface area contributed by atoms with E-state index in [-0.39, 0.29) is 32.0 Å². The van der Waals surface area contributed by atoms with Gasteiger partial charge in [-0.25, -0.2) is 4.79 Å². The second-order valence-corrected chi connectivity index (χ2v) is 5.07. The van der Waals surface area contributed by atoms with Crippen molar-refractivity contribution in [3.05, 3.63) is 0 Å². The summed E-state index contributed by atoms with van der Waals surface area (Å²) in [7, 11) is 0.